The molecule has 1 aromatic heterocycles. The van der Waals surface area contributed by atoms with Crippen molar-refractivity contribution in [1.82, 2.24) is 10.4 Å². The number of amides is 1. The molecule has 0 bridgehead atoms. The summed E-state index contributed by atoms with van der Waals surface area (Å²) in [5.74, 6) is -1.41. The predicted molar refractivity (Wildman–Crippen MR) is 119 cm³/mol. The maximum Gasteiger partial charge on any atom is 0.305 e. The standard InChI is InChI=1S/C23H20Cl2N4O3/c1-23(2)9-15-19(16(30)10-23)18(12-5-3-6-14(24)20(12)25)13(11-26)21(27)29(15)28-22(31)17-7-4-8-32-17/h3-8,18H,9-10,27H2,1-2H3,(H,28,31). The van der Waals surface area contributed by atoms with Crippen LogP contribution >= 0.6 is 23.2 Å². The van der Waals surface area contributed by atoms with Crippen LogP contribution in [0.4, 0.5) is 0 Å². The van der Waals surface area contributed by atoms with Gasteiger partial charge in [-0.15, -0.1) is 0 Å². The van der Waals surface area contributed by atoms with E-state index < -0.39 is 11.8 Å². The maximum atomic E-state index is 13.4. The average Bonchev–Trinajstić information content (AvgIpc) is 3.26. The summed E-state index contributed by atoms with van der Waals surface area (Å²) in [6.45, 7) is 3.92. The molecule has 164 valence electrons. The van der Waals surface area contributed by atoms with Crippen molar-refractivity contribution in [3.63, 3.8) is 0 Å². The lowest BCUT2D eigenvalue weighted by Crippen LogP contribution is -2.49. The molecule has 1 aliphatic carbocycles. The number of furan rings is 1. The van der Waals surface area contributed by atoms with E-state index >= 15 is 0 Å². The lowest BCUT2D eigenvalue weighted by atomic mass is 9.69. The molecule has 1 atom stereocenters. The highest BCUT2D eigenvalue weighted by atomic mass is 35.5. The number of rotatable bonds is 3. The number of allylic oxidation sites excluding steroid dienone is 3. The lowest BCUT2D eigenvalue weighted by molar-refractivity contribution is -0.118. The molecule has 2 aliphatic rings. The third-order valence-corrected chi connectivity index (χ3v) is 6.47. The Morgan fingerprint density at radius 2 is 2.03 bits per heavy atom. The summed E-state index contributed by atoms with van der Waals surface area (Å²) >= 11 is 12.7. The van der Waals surface area contributed by atoms with Crippen molar-refractivity contribution >= 4 is 34.9 Å². The van der Waals surface area contributed by atoms with Crippen molar-refractivity contribution < 1.29 is 14.0 Å². The number of carbonyl (C=O) groups excluding carboxylic acids is 2. The number of carbonyl (C=O) groups is 2. The number of Topliss-reactive ketones (excluding diaryl/α,β-unsaturated/α-hetero) is 1. The van der Waals surface area contributed by atoms with Gasteiger partial charge in [0, 0.05) is 12.0 Å². The molecular formula is C23H20Cl2N4O3. The molecule has 1 unspecified atom stereocenters. The molecule has 2 aromatic rings. The van der Waals surface area contributed by atoms with Gasteiger partial charge in [0.2, 0.25) is 0 Å². The van der Waals surface area contributed by atoms with Gasteiger partial charge in [-0.2, -0.15) is 5.26 Å². The molecule has 0 saturated heterocycles. The third-order valence-electron chi connectivity index (χ3n) is 5.63. The van der Waals surface area contributed by atoms with Crippen LogP contribution in [0.5, 0.6) is 0 Å². The Balaban J connectivity index is 1.92. The summed E-state index contributed by atoms with van der Waals surface area (Å²) in [5, 5.41) is 11.9. The summed E-state index contributed by atoms with van der Waals surface area (Å²) in [7, 11) is 0. The van der Waals surface area contributed by atoms with Gasteiger partial charge in [-0.25, -0.2) is 5.01 Å². The third kappa shape index (κ3) is 3.66. The van der Waals surface area contributed by atoms with Crippen LogP contribution in [0.2, 0.25) is 10.0 Å². The minimum absolute atomic E-state index is 0.0118. The monoisotopic (exact) mass is 470 g/mol. The van der Waals surface area contributed by atoms with E-state index in [1.807, 2.05) is 13.8 Å². The molecule has 4 rings (SSSR count). The van der Waals surface area contributed by atoms with Crippen LogP contribution in [0.25, 0.3) is 0 Å². The molecule has 7 nitrogen and oxygen atoms in total. The number of halogens is 2. The zero-order valence-electron chi connectivity index (χ0n) is 17.4. The molecule has 1 aliphatic heterocycles. The molecule has 9 heteroatoms. The first-order valence-electron chi connectivity index (χ1n) is 9.89. The largest absolute Gasteiger partial charge is 0.459 e. The number of nitrogens with one attached hydrogen (secondary N) is 1. The predicted octanol–water partition coefficient (Wildman–Crippen LogP) is 4.67. The second kappa shape index (κ2) is 8.05. The van der Waals surface area contributed by atoms with Gasteiger partial charge in [-0.3, -0.25) is 15.0 Å². The van der Waals surface area contributed by atoms with E-state index in [4.69, 9.17) is 33.4 Å². The molecule has 1 aromatic carbocycles. The first kappa shape index (κ1) is 22.0. The fraction of sp³-hybridized carbons (Fsp3) is 0.261. The molecule has 3 N–H and O–H groups in total. The van der Waals surface area contributed by atoms with Gasteiger partial charge >= 0.3 is 5.91 Å². The number of nitrogens with two attached hydrogens (primary N) is 1. The summed E-state index contributed by atoms with van der Waals surface area (Å²) < 4.78 is 5.17. The topological polar surface area (TPSA) is 112 Å². The zero-order chi connectivity index (χ0) is 23.2. The molecule has 0 spiro atoms. The lowest BCUT2D eigenvalue weighted by Gasteiger charge is -2.43. The summed E-state index contributed by atoms with van der Waals surface area (Å²) in [5.41, 5.74) is 10.2. The second-order valence-electron chi connectivity index (χ2n) is 8.54. The molecule has 0 fully saturated rings. The maximum absolute atomic E-state index is 13.4. The summed E-state index contributed by atoms with van der Waals surface area (Å²) in [6.07, 6.45) is 2.10. The van der Waals surface area contributed by atoms with Crippen LogP contribution in [-0.4, -0.2) is 16.7 Å². The number of hydrazine groups is 1. The van der Waals surface area contributed by atoms with E-state index in [1.165, 1.54) is 17.3 Å². The van der Waals surface area contributed by atoms with Crippen molar-refractivity contribution in [2.75, 3.05) is 0 Å². The highest BCUT2D eigenvalue weighted by Crippen LogP contribution is 2.50. The molecule has 0 radical (unpaired) electrons. The highest BCUT2D eigenvalue weighted by molar-refractivity contribution is 6.42. The normalized spacial score (nSPS) is 20.2. The Morgan fingerprint density at radius 3 is 2.69 bits per heavy atom. The van der Waals surface area contributed by atoms with Crippen molar-refractivity contribution in [2.24, 2.45) is 11.1 Å². The summed E-state index contributed by atoms with van der Waals surface area (Å²) in [6, 6.07) is 10.3. The van der Waals surface area contributed by atoms with E-state index in [0.717, 1.165) is 0 Å². The smallest absolute Gasteiger partial charge is 0.305 e. The van der Waals surface area contributed by atoms with E-state index in [0.29, 0.717) is 28.3 Å². The Hall–Kier alpha value is -3.21. The molecule has 2 heterocycles. The van der Waals surface area contributed by atoms with Gasteiger partial charge < -0.3 is 10.2 Å². The zero-order valence-corrected chi connectivity index (χ0v) is 18.9. The number of hydrogen-bond acceptors (Lipinski definition) is 6. The molecule has 1 amide bonds. The Labute approximate surface area is 195 Å². The average molecular weight is 471 g/mol. The van der Waals surface area contributed by atoms with Crippen molar-refractivity contribution in [1.29, 1.82) is 5.26 Å². The number of benzene rings is 1. The number of nitrogens with zero attached hydrogens (tertiary/aromatic N) is 2. The van der Waals surface area contributed by atoms with Gasteiger partial charge in [-0.1, -0.05) is 49.2 Å². The molecule has 0 saturated carbocycles. The fourth-order valence-corrected chi connectivity index (χ4v) is 4.67. The Morgan fingerprint density at radius 1 is 1.28 bits per heavy atom. The summed E-state index contributed by atoms with van der Waals surface area (Å²) in [4.78, 5) is 26.1. The van der Waals surface area contributed by atoms with E-state index in [2.05, 4.69) is 11.5 Å². The van der Waals surface area contributed by atoms with Gasteiger partial charge in [0.05, 0.1) is 39.6 Å². The minimum atomic E-state index is -0.790. The first-order valence-corrected chi connectivity index (χ1v) is 10.6. The van der Waals surface area contributed by atoms with Gasteiger partial charge in [0.1, 0.15) is 5.82 Å². The highest BCUT2D eigenvalue weighted by Gasteiger charge is 2.45. The van der Waals surface area contributed by atoms with Gasteiger partial charge in [0.15, 0.2) is 11.5 Å². The second-order valence-corrected chi connectivity index (χ2v) is 9.33. The van der Waals surface area contributed by atoms with E-state index in [-0.39, 0.29) is 39.8 Å². The van der Waals surface area contributed by atoms with Gasteiger partial charge in [0.25, 0.3) is 0 Å². The van der Waals surface area contributed by atoms with Crippen LogP contribution < -0.4 is 11.2 Å². The SMILES string of the molecule is CC1(C)CC(=O)C2=C(C1)N(NC(=O)c1ccco1)C(N)=C(C#N)C2c1cccc(Cl)c1Cl. The van der Waals surface area contributed by atoms with Crippen LogP contribution in [0, 0.1) is 16.7 Å². The number of hydrogen-bond donors (Lipinski definition) is 2. The van der Waals surface area contributed by atoms with Crippen LogP contribution in [0.3, 0.4) is 0 Å². The molecular weight excluding hydrogens is 451 g/mol. The Bertz CT molecular complexity index is 1220. The van der Waals surface area contributed by atoms with E-state index in [9.17, 15) is 14.9 Å². The van der Waals surface area contributed by atoms with Crippen LogP contribution in [0.15, 0.2) is 63.7 Å². The van der Waals surface area contributed by atoms with Crippen molar-refractivity contribution in [2.45, 2.75) is 32.6 Å². The molecule has 32 heavy (non-hydrogen) atoms. The van der Waals surface area contributed by atoms with Crippen LogP contribution in [-0.2, 0) is 4.79 Å². The fourth-order valence-electron chi connectivity index (χ4n) is 4.26. The minimum Gasteiger partial charge on any atom is -0.459 e. The van der Waals surface area contributed by atoms with Crippen molar-refractivity contribution in [3.8, 4) is 6.07 Å². The van der Waals surface area contributed by atoms with Gasteiger partial charge in [-0.05, 0) is 35.6 Å². The number of nitriles is 1. The van der Waals surface area contributed by atoms with Crippen LogP contribution in [0.1, 0.15) is 48.7 Å². The number of ketones is 1. The quantitative estimate of drug-likeness (QED) is 0.673. The van der Waals surface area contributed by atoms with E-state index in [1.54, 1.807) is 24.3 Å². The van der Waals surface area contributed by atoms with Crippen molar-refractivity contribution in [3.05, 3.63) is 80.6 Å². The first-order chi connectivity index (χ1) is 15.1. The Kier molecular flexibility index (Phi) is 5.53.